The molecule has 4 rings (SSSR count). The van der Waals surface area contributed by atoms with Crippen LogP contribution in [0.5, 0.6) is 5.75 Å². The number of nitrogens with zero attached hydrogens (tertiary/aromatic N) is 3. The standard InChI is InChI=1S/C27H32FN5O5S/c28-21(16-19-3-1-4-20(15-19)27(29)30)17-33(39(36,37)18-26(34)35)22-6-8-23(9-7-22)38-24-10-13-32(14-11-24)25-5-2-12-31-25/h1,3-4,6-9,15-16,24H,2,5,10-14,17-18H2,(H3,29,30)(H,34,35)/b21-16+. The average molecular weight is 558 g/mol. The fourth-order valence-electron chi connectivity index (χ4n) is 4.64. The van der Waals surface area contributed by atoms with Gasteiger partial charge in [0.15, 0.2) is 5.75 Å². The molecule has 0 unspecified atom stereocenters. The second-order valence-electron chi connectivity index (χ2n) is 9.49. The van der Waals surface area contributed by atoms with Gasteiger partial charge in [0.1, 0.15) is 23.5 Å². The van der Waals surface area contributed by atoms with Crippen molar-refractivity contribution in [2.75, 3.05) is 36.2 Å². The lowest BCUT2D eigenvalue weighted by Gasteiger charge is -2.33. The molecule has 2 heterocycles. The molecule has 1 saturated heterocycles. The van der Waals surface area contributed by atoms with Gasteiger partial charge in [0.25, 0.3) is 0 Å². The molecule has 0 saturated carbocycles. The number of halogens is 1. The van der Waals surface area contributed by atoms with Crippen LogP contribution in [0.25, 0.3) is 6.08 Å². The van der Waals surface area contributed by atoms with E-state index in [1.54, 1.807) is 30.3 Å². The van der Waals surface area contributed by atoms with Gasteiger partial charge in [-0.15, -0.1) is 0 Å². The third kappa shape index (κ3) is 7.56. The van der Waals surface area contributed by atoms with Crippen LogP contribution < -0.4 is 14.8 Å². The van der Waals surface area contributed by atoms with Gasteiger partial charge in [-0.2, -0.15) is 0 Å². The first kappa shape index (κ1) is 28.1. The van der Waals surface area contributed by atoms with E-state index < -0.39 is 34.1 Å². The zero-order chi connectivity index (χ0) is 28.0. The van der Waals surface area contributed by atoms with E-state index in [0.717, 1.165) is 55.7 Å². The third-order valence-corrected chi connectivity index (χ3v) is 8.17. The molecule has 0 radical (unpaired) electrons. The Morgan fingerprint density at radius 1 is 1.23 bits per heavy atom. The van der Waals surface area contributed by atoms with E-state index >= 15 is 4.39 Å². The van der Waals surface area contributed by atoms with E-state index in [-0.39, 0.29) is 17.6 Å². The first-order valence-corrected chi connectivity index (χ1v) is 14.3. The summed E-state index contributed by atoms with van der Waals surface area (Å²) in [5, 5.41) is 16.7. The van der Waals surface area contributed by atoms with Gasteiger partial charge in [-0.25, -0.2) is 12.8 Å². The maximum Gasteiger partial charge on any atom is 0.320 e. The van der Waals surface area contributed by atoms with E-state index in [2.05, 4.69) is 9.89 Å². The molecule has 12 heteroatoms. The van der Waals surface area contributed by atoms with Crippen molar-refractivity contribution in [3.8, 4) is 5.75 Å². The van der Waals surface area contributed by atoms with Crippen LogP contribution in [0.15, 0.2) is 59.4 Å². The van der Waals surface area contributed by atoms with Gasteiger partial charge in [0, 0.05) is 44.5 Å². The van der Waals surface area contributed by atoms with E-state index in [4.69, 9.17) is 21.0 Å². The number of carboxylic acids is 1. The normalized spacial score (nSPS) is 16.6. The van der Waals surface area contributed by atoms with Crippen LogP contribution >= 0.6 is 0 Å². The number of hydrogen-bond donors (Lipinski definition) is 3. The van der Waals surface area contributed by atoms with Crippen LogP contribution in [0, 0.1) is 5.41 Å². The molecule has 0 bridgehead atoms. The highest BCUT2D eigenvalue weighted by Gasteiger charge is 2.28. The van der Waals surface area contributed by atoms with Crippen molar-refractivity contribution in [1.82, 2.24) is 4.90 Å². The van der Waals surface area contributed by atoms with Gasteiger partial charge in [-0.05, 0) is 48.4 Å². The fraction of sp³-hybridized carbons (Fsp3) is 0.370. The number of rotatable bonds is 10. The Morgan fingerprint density at radius 3 is 2.56 bits per heavy atom. The van der Waals surface area contributed by atoms with E-state index in [1.807, 2.05) is 0 Å². The quantitative estimate of drug-likeness (QED) is 0.300. The molecule has 0 amide bonds. The SMILES string of the molecule is N=C(N)c1cccc(/C=C(/F)CN(c2ccc(OC3CCN(C4=NCCC4)CC3)cc2)S(=O)(=O)CC(=O)O)c1. The van der Waals surface area contributed by atoms with Crippen LogP contribution in [-0.4, -0.2) is 74.1 Å². The maximum atomic E-state index is 15.0. The molecule has 2 aliphatic rings. The lowest BCUT2D eigenvalue weighted by molar-refractivity contribution is -0.134. The molecule has 2 aromatic carbocycles. The Labute approximate surface area is 227 Å². The van der Waals surface area contributed by atoms with Gasteiger partial charge < -0.3 is 20.5 Å². The van der Waals surface area contributed by atoms with Gasteiger partial charge in [0.2, 0.25) is 10.0 Å². The number of amidine groups is 2. The van der Waals surface area contributed by atoms with Crippen LogP contribution in [-0.2, 0) is 14.8 Å². The number of sulfonamides is 1. The number of carbonyl (C=O) groups is 1. The number of carboxylic acid groups (broad SMARTS) is 1. The first-order valence-electron chi connectivity index (χ1n) is 12.7. The summed E-state index contributed by atoms with van der Waals surface area (Å²) in [7, 11) is -4.40. The number of nitrogens with two attached hydrogens (primary N) is 1. The summed E-state index contributed by atoms with van der Waals surface area (Å²) in [6.07, 6.45) is 4.92. The second kappa shape index (κ2) is 12.3. The lowest BCUT2D eigenvalue weighted by Crippen LogP contribution is -2.41. The zero-order valence-electron chi connectivity index (χ0n) is 21.4. The summed E-state index contributed by atoms with van der Waals surface area (Å²) in [6.45, 7) is 1.92. The number of aliphatic carboxylic acids is 1. The molecule has 2 aliphatic heterocycles. The highest BCUT2D eigenvalue weighted by molar-refractivity contribution is 7.93. The molecule has 2 aromatic rings. The number of benzene rings is 2. The molecule has 1 fully saturated rings. The Bertz CT molecular complexity index is 1370. The molecule has 0 aliphatic carbocycles. The van der Waals surface area contributed by atoms with Gasteiger partial charge in [-0.3, -0.25) is 19.5 Å². The molecule has 4 N–H and O–H groups in total. The van der Waals surface area contributed by atoms with Crippen molar-refractivity contribution in [2.45, 2.75) is 31.8 Å². The molecule has 39 heavy (non-hydrogen) atoms. The Kier molecular flexibility index (Phi) is 8.85. The second-order valence-corrected chi connectivity index (χ2v) is 11.4. The fourth-order valence-corrected chi connectivity index (χ4v) is 5.87. The monoisotopic (exact) mass is 557 g/mol. The van der Waals surface area contributed by atoms with Crippen molar-refractivity contribution in [1.29, 1.82) is 5.41 Å². The Morgan fingerprint density at radius 2 is 1.95 bits per heavy atom. The minimum atomic E-state index is -4.40. The minimum absolute atomic E-state index is 0.00657. The van der Waals surface area contributed by atoms with Crippen LogP contribution in [0.2, 0.25) is 0 Å². The summed E-state index contributed by atoms with van der Waals surface area (Å²) in [6, 6.07) is 12.4. The van der Waals surface area contributed by atoms with Crippen LogP contribution in [0.4, 0.5) is 10.1 Å². The van der Waals surface area contributed by atoms with Gasteiger partial charge >= 0.3 is 5.97 Å². The Hall–Kier alpha value is -3.93. The number of anilines is 1. The maximum absolute atomic E-state index is 15.0. The van der Waals surface area contributed by atoms with Crippen molar-refractivity contribution in [3.63, 3.8) is 0 Å². The molecule has 0 spiro atoms. The van der Waals surface area contributed by atoms with E-state index in [1.165, 1.54) is 24.0 Å². The highest BCUT2D eigenvalue weighted by atomic mass is 32.2. The van der Waals surface area contributed by atoms with E-state index in [0.29, 0.717) is 16.9 Å². The number of hydrogen-bond acceptors (Lipinski definition) is 7. The number of piperidine rings is 1. The largest absolute Gasteiger partial charge is 0.490 e. The van der Waals surface area contributed by atoms with E-state index in [9.17, 15) is 13.2 Å². The predicted octanol–water partition coefficient (Wildman–Crippen LogP) is 3.24. The average Bonchev–Trinajstić information content (AvgIpc) is 3.43. The molecular formula is C27H32FN5O5S. The molecule has 0 aromatic heterocycles. The first-order chi connectivity index (χ1) is 18.6. The van der Waals surface area contributed by atoms with Gasteiger partial charge in [0.05, 0.1) is 18.1 Å². The predicted molar refractivity (Wildman–Crippen MR) is 149 cm³/mol. The molecule has 10 nitrogen and oxygen atoms in total. The zero-order valence-corrected chi connectivity index (χ0v) is 22.2. The summed E-state index contributed by atoms with van der Waals surface area (Å²) in [5.41, 5.74) is 6.36. The smallest absolute Gasteiger partial charge is 0.320 e. The van der Waals surface area contributed by atoms with Crippen molar-refractivity contribution < 1.29 is 27.4 Å². The Balaban J connectivity index is 1.47. The number of likely N-dealkylation sites (tertiary alicyclic amines) is 1. The molecular weight excluding hydrogens is 525 g/mol. The van der Waals surface area contributed by atoms with Crippen LogP contribution in [0.1, 0.15) is 36.8 Å². The van der Waals surface area contributed by atoms with Crippen molar-refractivity contribution in [3.05, 3.63) is 65.5 Å². The minimum Gasteiger partial charge on any atom is -0.490 e. The number of ether oxygens (including phenoxy) is 1. The summed E-state index contributed by atoms with van der Waals surface area (Å²) < 4.78 is 47.6. The molecule has 0 atom stereocenters. The van der Waals surface area contributed by atoms with Gasteiger partial charge in [-0.1, -0.05) is 18.2 Å². The highest BCUT2D eigenvalue weighted by Crippen LogP contribution is 2.27. The topological polar surface area (TPSA) is 149 Å². The number of aliphatic imine (C=N–C) groups is 1. The number of nitrogen functional groups attached to an aromatic ring is 1. The summed E-state index contributed by atoms with van der Waals surface area (Å²) in [5.74, 6) is -2.02. The van der Waals surface area contributed by atoms with Crippen molar-refractivity contribution in [2.24, 2.45) is 10.7 Å². The molecule has 208 valence electrons. The number of nitrogens with one attached hydrogen (secondary N) is 1. The van der Waals surface area contributed by atoms with Crippen molar-refractivity contribution >= 4 is 39.4 Å². The summed E-state index contributed by atoms with van der Waals surface area (Å²) >= 11 is 0. The third-order valence-electron chi connectivity index (χ3n) is 6.54. The lowest BCUT2D eigenvalue weighted by atomic mass is 10.1. The van der Waals surface area contributed by atoms with Crippen LogP contribution in [0.3, 0.4) is 0 Å². The summed E-state index contributed by atoms with van der Waals surface area (Å²) in [4.78, 5) is 18.1.